The quantitative estimate of drug-likeness (QED) is 0.795. The standard InChI is InChI=1S/C20H25N/c1-2-16-8-10-17(11-9-16)14-19(15-21-20-12-13-20)18-6-4-3-5-7-18/h3-11,19-21H,2,12-15H2,1H3. The van der Waals surface area contributed by atoms with E-state index in [0.29, 0.717) is 5.92 Å². The van der Waals surface area contributed by atoms with Crippen LogP contribution in [0, 0.1) is 0 Å². The summed E-state index contributed by atoms with van der Waals surface area (Å²) in [6.07, 6.45) is 4.94. The van der Waals surface area contributed by atoms with Crippen LogP contribution in [-0.2, 0) is 12.8 Å². The summed E-state index contributed by atoms with van der Waals surface area (Å²) < 4.78 is 0. The molecular weight excluding hydrogens is 254 g/mol. The highest BCUT2D eigenvalue weighted by molar-refractivity contribution is 5.27. The number of hydrogen-bond donors (Lipinski definition) is 1. The van der Waals surface area contributed by atoms with Crippen molar-refractivity contribution in [2.45, 2.75) is 44.6 Å². The number of rotatable bonds is 7. The Labute approximate surface area is 128 Å². The Morgan fingerprint density at radius 2 is 1.62 bits per heavy atom. The lowest BCUT2D eigenvalue weighted by Crippen LogP contribution is -2.24. The highest BCUT2D eigenvalue weighted by Crippen LogP contribution is 2.24. The van der Waals surface area contributed by atoms with Crippen molar-refractivity contribution in [3.05, 3.63) is 71.3 Å². The zero-order chi connectivity index (χ0) is 14.5. The van der Waals surface area contributed by atoms with E-state index in [0.717, 1.165) is 25.4 Å². The first kappa shape index (κ1) is 14.3. The lowest BCUT2D eigenvalue weighted by Gasteiger charge is -2.18. The third kappa shape index (κ3) is 4.18. The van der Waals surface area contributed by atoms with E-state index in [1.807, 2.05) is 0 Å². The maximum Gasteiger partial charge on any atom is 0.00684 e. The summed E-state index contributed by atoms with van der Waals surface area (Å²) in [6.45, 7) is 3.30. The second-order valence-corrected chi connectivity index (χ2v) is 6.16. The Bertz CT molecular complexity index is 540. The third-order valence-corrected chi connectivity index (χ3v) is 4.41. The van der Waals surface area contributed by atoms with Crippen LogP contribution >= 0.6 is 0 Å². The number of benzene rings is 2. The first-order valence-corrected chi connectivity index (χ1v) is 8.21. The van der Waals surface area contributed by atoms with E-state index >= 15 is 0 Å². The first-order valence-electron chi connectivity index (χ1n) is 8.21. The molecule has 1 atom stereocenters. The Morgan fingerprint density at radius 1 is 0.952 bits per heavy atom. The SMILES string of the molecule is CCc1ccc(CC(CNC2CC2)c2ccccc2)cc1. The first-order chi connectivity index (χ1) is 10.3. The van der Waals surface area contributed by atoms with Gasteiger partial charge in [0.2, 0.25) is 0 Å². The van der Waals surface area contributed by atoms with Gasteiger partial charge >= 0.3 is 0 Å². The van der Waals surface area contributed by atoms with Crippen molar-refractivity contribution in [2.24, 2.45) is 0 Å². The van der Waals surface area contributed by atoms with Gasteiger partial charge in [-0.1, -0.05) is 61.5 Å². The zero-order valence-electron chi connectivity index (χ0n) is 12.9. The minimum atomic E-state index is 0.569. The van der Waals surface area contributed by atoms with E-state index in [1.165, 1.54) is 29.5 Å². The molecule has 0 aromatic heterocycles. The molecule has 0 radical (unpaired) electrons. The average molecular weight is 279 g/mol. The molecule has 21 heavy (non-hydrogen) atoms. The van der Waals surface area contributed by atoms with E-state index < -0.39 is 0 Å². The molecule has 110 valence electrons. The molecule has 1 fully saturated rings. The summed E-state index contributed by atoms with van der Waals surface area (Å²) in [5.74, 6) is 0.569. The molecule has 0 bridgehead atoms. The zero-order valence-corrected chi connectivity index (χ0v) is 12.9. The molecule has 0 aliphatic heterocycles. The van der Waals surface area contributed by atoms with E-state index in [1.54, 1.807) is 0 Å². The summed E-state index contributed by atoms with van der Waals surface area (Å²) >= 11 is 0. The van der Waals surface area contributed by atoms with Crippen molar-refractivity contribution in [3.63, 3.8) is 0 Å². The summed E-state index contributed by atoms with van der Waals surface area (Å²) in [4.78, 5) is 0. The smallest absolute Gasteiger partial charge is 0.00684 e. The molecule has 1 aliphatic rings. The lowest BCUT2D eigenvalue weighted by molar-refractivity contribution is 0.577. The molecule has 1 heteroatoms. The van der Waals surface area contributed by atoms with Gasteiger partial charge in [0, 0.05) is 18.5 Å². The average Bonchev–Trinajstić information content (AvgIpc) is 3.37. The highest BCUT2D eigenvalue weighted by atomic mass is 14.9. The molecule has 1 aliphatic carbocycles. The molecule has 1 unspecified atom stereocenters. The van der Waals surface area contributed by atoms with Gasteiger partial charge in [-0.2, -0.15) is 0 Å². The molecule has 1 N–H and O–H groups in total. The van der Waals surface area contributed by atoms with Crippen LogP contribution < -0.4 is 5.32 Å². The molecule has 0 saturated heterocycles. The molecule has 1 nitrogen and oxygen atoms in total. The van der Waals surface area contributed by atoms with Crippen LogP contribution in [0.5, 0.6) is 0 Å². The van der Waals surface area contributed by atoms with Gasteiger partial charge in [-0.25, -0.2) is 0 Å². The molecule has 0 heterocycles. The van der Waals surface area contributed by atoms with E-state index in [4.69, 9.17) is 0 Å². The summed E-state index contributed by atoms with van der Waals surface area (Å²) in [6, 6.07) is 20.8. The molecule has 2 aromatic rings. The summed E-state index contributed by atoms with van der Waals surface area (Å²) in [5, 5.41) is 3.70. The monoisotopic (exact) mass is 279 g/mol. The fourth-order valence-corrected chi connectivity index (χ4v) is 2.83. The number of nitrogens with one attached hydrogen (secondary N) is 1. The van der Waals surface area contributed by atoms with Gasteiger partial charge < -0.3 is 5.32 Å². The summed E-state index contributed by atoms with van der Waals surface area (Å²) in [7, 11) is 0. The topological polar surface area (TPSA) is 12.0 Å². The minimum absolute atomic E-state index is 0.569. The van der Waals surface area contributed by atoms with Crippen LogP contribution in [0.4, 0.5) is 0 Å². The predicted octanol–water partition coefficient (Wildman–Crippen LogP) is 4.33. The predicted molar refractivity (Wildman–Crippen MR) is 89.7 cm³/mol. The molecule has 1 saturated carbocycles. The largest absolute Gasteiger partial charge is 0.313 e. The van der Waals surface area contributed by atoms with Gasteiger partial charge in [0.1, 0.15) is 0 Å². The van der Waals surface area contributed by atoms with Crippen LogP contribution in [0.25, 0.3) is 0 Å². The normalized spacial score (nSPS) is 15.9. The fraction of sp³-hybridized carbons (Fsp3) is 0.400. The number of hydrogen-bond acceptors (Lipinski definition) is 1. The van der Waals surface area contributed by atoms with Gasteiger partial charge in [-0.3, -0.25) is 0 Å². The van der Waals surface area contributed by atoms with E-state index in [9.17, 15) is 0 Å². The second-order valence-electron chi connectivity index (χ2n) is 6.16. The maximum absolute atomic E-state index is 3.70. The van der Waals surface area contributed by atoms with Crippen molar-refractivity contribution in [3.8, 4) is 0 Å². The van der Waals surface area contributed by atoms with Crippen molar-refractivity contribution in [1.29, 1.82) is 0 Å². The van der Waals surface area contributed by atoms with Gasteiger partial charge in [0.25, 0.3) is 0 Å². The second kappa shape index (κ2) is 6.91. The summed E-state index contributed by atoms with van der Waals surface area (Å²) in [5.41, 5.74) is 4.31. The van der Waals surface area contributed by atoms with Crippen molar-refractivity contribution in [2.75, 3.05) is 6.54 Å². The fourth-order valence-electron chi connectivity index (χ4n) is 2.83. The van der Waals surface area contributed by atoms with E-state index in [-0.39, 0.29) is 0 Å². The van der Waals surface area contributed by atoms with Crippen molar-refractivity contribution < 1.29 is 0 Å². The highest BCUT2D eigenvalue weighted by Gasteiger charge is 2.22. The van der Waals surface area contributed by atoms with E-state index in [2.05, 4.69) is 66.8 Å². The minimum Gasteiger partial charge on any atom is -0.313 e. The lowest BCUT2D eigenvalue weighted by atomic mass is 9.91. The van der Waals surface area contributed by atoms with Crippen molar-refractivity contribution in [1.82, 2.24) is 5.32 Å². The molecule has 0 spiro atoms. The molecule has 3 rings (SSSR count). The van der Waals surface area contributed by atoms with Crippen LogP contribution in [0.3, 0.4) is 0 Å². The number of aryl methyl sites for hydroxylation is 1. The Hall–Kier alpha value is -1.60. The Morgan fingerprint density at radius 3 is 2.24 bits per heavy atom. The molecule has 0 amide bonds. The van der Waals surface area contributed by atoms with Crippen LogP contribution in [0.2, 0.25) is 0 Å². The molecular formula is C20H25N. The molecule has 2 aromatic carbocycles. The van der Waals surface area contributed by atoms with Crippen LogP contribution in [0.1, 0.15) is 42.4 Å². The third-order valence-electron chi connectivity index (χ3n) is 4.41. The Kier molecular flexibility index (Phi) is 4.72. The van der Waals surface area contributed by atoms with Gasteiger partial charge in [0.15, 0.2) is 0 Å². The van der Waals surface area contributed by atoms with Crippen LogP contribution in [-0.4, -0.2) is 12.6 Å². The Balaban J connectivity index is 1.70. The van der Waals surface area contributed by atoms with Gasteiger partial charge in [-0.15, -0.1) is 0 Å². The van der Waals surface area contributed by atoms with Gasteiger partial charge in [-0.05, 0) is 42.4 Å². The van der Waals surface area contributed by atoms with Crippen LogP contribution in [0.15, 0.2) is 54.6 Å². The van der Waals surface area contributed by atoms with Gasteiger partial charge in [0.05, 0.1) is 0 Å². The maximum atomic E-state index is 3.70. The van der Waals surface area contributed by atoms with Crippen molar-refractivity contribution >= 4 is 0 Å².